The van der Waals surface area contributed by atoms with E-state index >= 15 is 0 Å². The number of aliphatic hydroxyl groups excluding tert-OH is 1. The average Bonchev–Trinajstić information content (AvgIpc) is 3.12. The lowest BCUT2D eigenvalue weighted by atomic mass is 9.94. The molecule has 0 aliphatic carbocycles. The molecule has 3 aromatic rings. The van der Waals surface area contributed by atoms with Crippen LogP contribution in [0.4, 0.5) is 14.5 Å². The van der Waals surface area contributed by atoms with Gasteiger partial charge in [-0.25, -0.2) is 8.78 Å². The van der Waals surface area contributed by atoms with Crippen LogP contribution in [0.15, 0.2) is 54.1 Å². The second kappa shape index (κ2) is 9.67. The number of carbonyl (C=O) groups is 2. The average molecular weight is 536 g/mol. The van der Waals surface area contributed by atoms with E-state index in [4.69, 9.17) is 32.7 Å². The lowest BCUT2D eigenvalue weighted by Crippen LogP contribution is -2.29. The number of hydrogen-bond donors (Lipinski definition) is 2. The highest BCUT2D eigenvalue weighted by atomic mass is 35.5. The number of benzene rings is 3. The summed E-state index contributed by atoms with van der Waals surface area (Å²) in [5.74, 6) is -5.32. The first-order valence-corrected chi connectivity index (χ1v) is 11.0. The van der Waals surface area contributed by atoms with E-state index in [1.54, 1.807) is 0 Å². The van der Waals surface area contributed by atoms with Crippen LogP contribution in [-0.2, 0) is 9.59 Å². The van der Waals surface area contributed by atoms with Crippen LogP contribution < -0.4 is 14.4 Å². The zero-order valence-electron chi connectivity index (χ0n) is 18.7. The summed E-state index contributed by atoms with van der Waals surface area (Å²) in [5, 5.41) is 21.3. The third kappa shape index (κ3) is 4.20. The number of aromatic hydroxyl groups is 1. The number of nitrogens with zero attached hydrogens (tertiary/aromatic N) is 1. The van der Waals surface area contributed by atoms with Crippen LogP contribution in [0.5, 0.6) is 17.2 Å². The van der Waals surface area contributed by atoms with E-state index in [0.29, 0.717) is 0 Å². The number of rotatable bonds is 5. The summed E-state index contributed by atoms with van der Waals surface area (Å²) in [5.41, 5.74) is -0.362. The number of Topliss-reactive ketones (excluding diaryl/α,β-unsaturated/α-hetero) is 1. The Labute approximate surface area is 213 Å². The SMILES string of the molecule is COc1cc(/C(O)=C2\C(=O)C(=O)N(c3ccc(F)c(F)c3)C2c2ccc(O)c(Cl)c2)c(OC)cc1Cl. The second-order valence-electron chi connectivity index (χ2n) is 7.67. The van der Waals surface area contributed by atoms with Gasteiger partial charge in [0.1, 0.15) is 23.0 Å². The van der Waals surface area contributed by atoms with Gasteiger partial charge in [-0.05, 0) is 35.9 Å². The van der Waals surface area contributed by atoms with Gasteiger partial charge in [0.05, 0.1) is 41.4 Å². The normalized spacial score (nSPS) is 16.9. The zero-order chi connectivity index (χ0) is 26.3. The third-order valence-electron chi connectivity index (χ3n) is 5.64. The van der Waals surface area contributed by atoms with E-state index in [-0.39, 0.29) is 44.1 Å². The molecule has 1 unspecified atom stereocenters. The van der Waals surface area contributed by atoms with Crippen molar-refractivity contribution in [2.75, 3.05) is 19.1 Å². The van der Waals surface area contributed by atoms with Crippen LogP contribution in [0, 0.1) is 11.6 Å². The van der Waals surface area contributed by atoms with Crippen molar-refractivity contribution in [1.82, 2.24) is 0 Å². The van der Waals surface area contributed by atoms with Gasteiger partial charge in [-0.2, -0.15) is 0 Å². The molecule has 1 atom stereocenters. The van der Waals surface area contributed by atoms with Crippen molar-refractivity contribution in [2.24, 2.45) is 0 Å². The standard InChI is InChI=1S/C25H17Cl2F2NO6/c1-35-19-10-15(27)20(36-2)9-13(19)23(32)21-22(11-3-6-18(31)14(26)7-11)30(25(34)24(21)33)12-4-5-16(28)17(29)8-12/h3-10,22,31-32H,1-2H3/b23-21+. The Bertz CT molecular complexity index is 1440. The Morgan fingerprint density at radius 3 is 2.22 bits per heavy atom. The minimum absolute atomic E-state index is 0.0167. The second-order valence-corrected chi connectivity index (χ2v) is 8.48. The Balaban J connectivity index is 2.03. The highest BCUT2D eigenvalue weighted by Gasteiger charge is 2.47. The van der Waals surface area contributed by atoms with Gasteiger partial charge in [-0.15, -0.1) is 0 Å². The van der Waals surface area contributed by atoms with Crippen molar-refractivity contribution in [3.8, 4) is 17.2 Å². The predicted molar refractivity (Wildman–Crippen MR) is 129 cm³/mol. The maximum Gasteiger partial charge on any atom is 0.300 e. The van der Waals surface area contributed by atoms with Gasteiger partial charge in [0.15, 0.2) is 11.6 Å². The van der Waals surface area contributed by atoms with Crippen molar-refractivity contribution in [1.29, 1.82) is 0 Å². The molecule has 2 N–H and O–H groups in total. The maximum absolute atomic E-state index is 14.1. The molecule has 1 fully saturated rings. The molecular formula is C25H17Cl2F2NO6. The van der Waals surface area contributed by atoms with Gasteiger partial charge < -0.3 is 19.7 Å². The molecule has 36 heavy (non-hydrogen) atoms. The molecule has 0 aromatic heterocycles. The largest absolute Gasteiger partial charge is 0.507 e. The lowest BCUT2D eigenvalue weighted by Gasteiger charge is -2.26. The molecule has 1 heterocycles. The number of amides is 1. The van der Waals surface area contributed by atoms with E-state index < -0.39 is 40.7 Å². The van der Waals surface area contributed by atoms with Crippen molar-refractivity contribution in [2.45, 2.75) is 6.04 Å². The highest BCUT2D eigenvalue weighted by Crippen LogP contribution is 2.45. The molecule has 3 aromatic carbocycles. The number of ketones is 1. The van der Waals surface area contributed by atoms with Gasteiger partial charge in [0, 0.05) is 17.8 Å². The number of phenolic OH excluding ortho intramolecular Hbond substituents is 1. The topological polar surface area (TPSA) is 96.3 Å². The number of phenols is 1. The van der Waals surface area contributed by atoms with Gasteiger partial charge >= 0.3 is 0 Å². The van der Waals surface area contributed by atoms with E-state index in [1.165, 1.54) is 44.6 Å². The molecule has 4 rings (SSSR count). The predicted octanol–water partition coefficient (Wildman–Crippen LogP) is 5.62. The van der Waals surface area contributed by atoms with Gasteiger partial charge in [-0.3, -0.25) is 14.5 Å². The summed E-state index contributed by atoms with van der Waals surface area (Å²) in [7, 11) is 2.66. The van der Waals surface area contributed by atoms with E-state index in [1.807, 2.05) is 0 Å². The molecule has 7 nitrogen and oxygen atoms in total. The summed E-state index contributed by atoms with van der Waals surface area (Å²) in [4.78, 5) is 27.3. The minimum Gasteiger partial charge on any atom is -0.507 e. The van der Waals surface area contributed by atoms with E-state index in [9.17, 15) is 28.6 Å². The number of halogens is 4. The number of carbonyl (C=O) groups excluding carboxylic acids is 2. The quantitative estimate of drug-likeness (QED) is 0.250. The molecular weight excluding hydrogens is 519 g/mol. The van der Waals surface area contributed by atoms with Crippen LogP contribution in [0.1, 0.15) is 17.2 Å². The van der Waals surface area contributed by atoms with E-state index in [0.717, 1.165) is 23.1 Å². The summed E-state index contributed by atoms with van der Waals surface area (Å²) in [6.07, 6.45) is 0. The first-order chi connectivity index (χ1) is 17.1. The summed E-state index contributed by atoms with van der Waals surface area (Å²) in [6.45, 7) is 0. The van der Waals surface area contributed by atoms with Gasteiger partial charge in [0.2, 0.25) is 0 Å². The summed E-state index contributed by atoms with van der Waals surface area (Å²) < 4.78 is 38.2. The van der Waals surface area contributed by atoms with Crippen molar-refractivity contribution < 1.29 is 38.1 Å². The Kier molecular flexibility index (Phi) is 6.79. The highest BCUT2D eigenvalue weighted by molar-refractivity contribution is 6.51. The molecule has 1 aliphatic heterocycles. The van der Waals surface area contributed by atoms with Crippen LogP contribution in [-0.4, -0.2) is 36.1 Å². The molecule has 11 heteroatoms. The van der Waals surface area contributed by atoms with Crippen molar-refractivity contribution in [3.05, 3.63) is 86.9 Å². The Morgan fingerprint density at radius 2 is 1.61 bits per heavy atom. The Hall–Kier alpha value is -3.82. The molecule has 0 bridgehead atoms. The smallest absolute Gasteiger partial charge is 0.300 e. The maximum atomic E-state index is 14.1. The lowest BCUT2D eigenvalue weighted by molar-refractivity contribution is -0.132. The summed E-state index contributed by atoms with van der Waals surface area (Å²) in [6, 6.07) is 7.90. The molecule has 0 radical (unpaired) electrons. The molecule has 1 aliphatic rings. The zero-order valence-corrected chi connectivity index (χ0v) is 20.2. The van der Waals surface area contributed by atoms with Crippen molar-refractivity contribution >= 4 is 46.3 Å². The van der Waals surface area contributed by atoms with E-state index in [2.05, 4.69) is 0 Å². The van der Waals surface area contributed by atoms with Crippen LogP contribution in [0.3, 0.4) is 0 Å². The molecule has 0 spiro atoms. The number of anilines is 1. The number of aliphatic hydroxyl groups is 1. The summed E-state index contributed by atoms with van der Waals surface area (Å²) >= 11 is 12.2. The van der Waals surface area contributed by atoms with Crippen LogP contribution in [0.2, 0.25) is 10.0 Å². The fraction of sp³-hybridized carbons (Fsp3) is 0.120. The van der Waals surface area contributed by atoms with Crippen LogP contribution in [0.25, 0.3) is 5.76 Å². The number of hydrogen-bond acceptors (Lipinski definition) is 6. The number of methoxy groups -OCH3 is 2. The van der Waals surface area contributed by atoms with Gasteiger partial charge in [0.25, 0.3) is 11.7 Å². The number of ether oxygens (including phenoxy) is 2. The monoisotopic (exact) mass is 535 g/mol. The first kappa shape index (κ1) is 25.3. The van der Waals surface area contributed by atoms with Crippen LogP contribution >= 0.6 is 23.2 Å². The van der Waals surface area contributed by atoms with Gasteiger partial charge in [-0.1, -0.05) is 29.3 Å². The fourth-order valence-electron chi connectivity index (χ4n) is 3.93. The molecule has 1 amide bonds. The first-order valence-electron chi connectivity index (χ1n) is 10.2. The third-order valence-corrected chi connectivity index (χ3v) is 6.24. The molecule has 0 saturated carbocycles. The Morgan fingerprint density at radius 1 is 0.917 bits per heavy atom. The van der Waals surface area contributed by atoms with Crippen molar-refractivity contribution in [3.63, 3.8) is 0 Å². The minimum atomic E-state index is -1.33. The molecule has 186 valence electrons. The fourth-order valence-corrected chi connectivity index (χ4v) is 4.35. The molecule has 1 saturated heterocycles.